The summed E-state index contributed by atoms with van der Waals surface area (Å²) in [5, 5.41) is 9.20. The fourth-order valence-electron chi connectivity index (χ4n) is 9.42. The van der Waals surface area contributed by atoms with Crippen molar-refractivity contribution in [2.24, 2.45) is 0 Å². The Morgan fingerprint density at radius 1 is 0.344 bits per heavy atom. The van der Waals surface area contributed by atoms with Crippen LogP contribution < -0.4 is 0 Å². The number of para-hydroxylation sites is 2. The van der Waals surface area contributed by atoms with Gasteiger partial charge in [-0.25, -0.2) is 4.98 Å². The Morgan fingerprint density at radius 2 is 0.918 bits per heavy atom. The highest BCUT2D eigenvalue weighted by molar-refractivity contribution is 6.31. The summed E-state index contributed by atoms with van der Waals surface area (Å²) in [5.41, 5.74) is 11.2. The molecule has 4 aromatic heterocycles. The maximum atomic E-state index is 6.33. The van der Waals surface area contributed by atoms with Crippen LogP contribution in [0.15, 0.2) is 205 Å². The van der Waals surface area contributed by atoms with Crippen LogP contribution in [0.1, 0.15) is 0 Å². The van der Waals surface area contributed by atoms with Crippen molar-refractivity contribution in [2.75, 3.05) is 0 Å². The predicted octanol–water partition coefficient (Wildman–Crippen LogP) is 14.1. The maximum absolute atomic E-state index is 6.33. The normalized spacial score (nSPS) is 11.9. The van der Waals surface area contributed by atoms with Crippen molar-refractivity contribution in [3.8, 4) is 45.5 Å². The molecule has 61 heavy (non-hydrogen) atoms. The van der Waals surface area contributed by atoms with Crippen molar-refractivity contribution in [3.05, 3.63) is 200 Å². The molecule has 0 aliphatic carbocycles. The van der Waals surface area contributed by atoms with Crippen LogP contribution in [0.3, 0.4) is 0 Å². The number of hydrogen-bond acceptors (Lipinski definition) is 4. The average Bonchev–Trinajstić information content (AvgIpc) is 3.99. The van der Waals surface area contributed by atoms with Crippen molar-refractivity contribution < 1.29 is 4.42 Å². The van der Waals surface area contributed by atoms with E-state index < -0.39 is 0 Å². The zero-order chi connectivity index (χ0) is 40.0. The van der Waals surface area contributed by atoms with Gasteiger partial charge in [0.1, 0.15) is 11.2 Å². The minimum Gasteiger partial charge on any atom is -0.456 e. The molecular weight excluding hydrogens is 747 g/mol. The van der Waals surface area contributed by atoms with Crippen LogP contribution in [0, 0.1) is 0 Å². The number of benzene rings is 9. The first-order chi connectivity index (χ1) is 30.2. The third-order valence-corrected chi connectivity index (χ3v) is 12.2. The Kier molecular flexibility index (Phi) is 7.21. The summed E-state index contributed by atoms with van der Waals surface area (Å²) in [5.74, 6) is 1.71. The maximum Gasteiger partial charge on any atom is 0.238 e. The van der Waals surface area contributed by atoms with Crippen LogP contribution in [0.4, 0.5) is 0 Å². The van der Waals surface area contributed by atoms with Crippen molar-refractivity contribution >= 4 is 76.3 Å². The van der Waals surface area contributed by atoms with E-state index in [4.69, 9.17) is 19.4 Å². The molecule has 0 amide bonds. The number of aromatic nitrogens is 5. The molecule has 13 aromatic rings. The molecule has 6 heteroatoms. The molecule has 0 aliphatic heterocycles. The molecule has 0 spiro atoms. The first-order valence-corrected chi connectivity index (χ1v) is 20.5. The zero-order valence-electron chi connectivity index (χ0n) is 32.7. The van der Waals surface area contributed by atoms with Crippen LogP contribution in [-0.2, 0) is 0 Å². The first kappa shape index (κ1) is 33.6. The second-order valence-electron chi connectivity index (χ2n) is 15.6. The van der Waals surface area contributed by atoms with Gasteiger partial charge in [-0.05, 0) is 65.0 Å². The van der Waals surface area contributed by atoms with Gasteiger partial charge in [0.25, 0.3) is 0 Å². The van der Waals surface area contributed by atoms with E-state index in [-0.39, 0.29) is 0 Å². The summed E-state index contributed by atoms with van der Waals surface area (Å²) >= 11 is 0. The van der Waals surface area contributed by atoms with Gasteiger partial charge in [-0.15, -0.1) is 0 Å². The second-order valence-corrected chi connectivity index (χ2v) is 15.6. The molecule has 13 rings (SSSR count). The molecule has 0 radical (unpaired) electrons. The van der Waals surface area contributed by atoms with Gasteiger partial charge in [0.05, 0.1) is 22.1 Å². The van der Waals surface area contributed by atoms with Crippen LogP contribution in [0.25, 0.3) is 122 Å². The Labute approximate surface area is 349 Å². The van der Waals surface area contributed by atoms with Crippen molar-refractivity contribution in [2.45, 2.75) is 0 Å². The molecule has 9 aromatic carbocycles. The Balaban J connectivity index is 1.09. The fourth-order valence-corrected chi connectivity index (χ4v) is 9.42. The van der Waals surface area contributed by atoms with E-state index in [2.05, 4.69) is 155 Å². The lowest BCUT2D eigenvalue weighted by Crippen LogP contribution is -2.06. The number of hydrogen-bond donors (Lipinski definition) is 0. The topological polar surface area (TPSA) is 61.7 Å². The van der Waals surface area contributed by atoms with Gasteiger partial charge < -0.3 is 8.98 Å². The molecule has 284 valence electrons. The van der Waals surface area contributed by atoms with Gasteiger partial charge in [0.2, 0.25) is 5.95 Å². The van der Waals surface area contributed by atoms with Gasteiger partial charge in [-0.2, -0.15) is 9.97 Å². The highest BCUT2D eigenvalue weighted by Gasteiger charge is 2.24. The summed E-state index contributed by atoms with van der Waals surface area (Å²) in [6, 6.07) is 70.4. The van der Waals surface area contributed by atoms with Crippen LogP contribution in [0.5, 0.6) is 0 Å². The lowest BCUT2D eigenvalue weighted by molar-refractivity contribution is 0.669. The highest BCUT2D eigenvalue weighted by atomic mass is 16.3. The van der Waals surface area contributed by atoms with Crippen molar-refractivity contribution in [1.29, 1.82) is 0 Å². The monoisotopic (exact) mass is 779 g/mol. The van der Waals surface area contributed by atoms with E-state index in [0.29, 0.717) is 17.6 Å². The van der Waals surface area contributed by atoms with E-state index in [1.165, 1.54) is 38.2 Å². The van der Waals surface area contributed by atoms with Gasteiger partial charge >= 0.3 is 0 Å². The second kappa shape index (κ2) is 13.1. The molecule has 4 heterocycles. The molecule has 6 nitrogen and oxygen atoms in total. The fraction of sp³-hybridized carbons (Fsp3) is 0. The summed E-state index contributed by atoms with van der Waals surface area (Å²) in [6.07, 6.45) is 0. The molecule has 0 unspecified atom stereocenters. The molecule has 0 saturated carbocycles. The van der Waals surface area contributed by atoms with Gasteiger partial charge in [-0.3, -0.25) is 4.57 Å². The Morgan fingerprint density at radius 3 is 1.72 bits per heavy atom. The number of rotatable bonds is 5. The molecule has 0 aliphatic rings. The van der Waals surface area contributed by atoms with Crippen LogP contribution >= 0.6 is 0 Å². The smallest absolute Gasteiger partial charge is 0.238 e. The standard InChI is InChI=1S/C55H33N5O/c1-3-13-34(14-4-1)35-23-27-39(28-24-35)59-46-31-32-47-50(51(46)44-30-25-36-15-7-8-18-40(36)52(44)59)43-20-9-11-21-45(43)60(47)55-57-53(37-16-5-2-6-17-37)56-54(58-55)38-26-29-42-41-19-10-12-22-48(41)61-49(42)33-38/h1-33H. The summed E-state index contributed by atoms with van der Waals surface area (Å²) in [4.78, 5) is 15.7. The van der Waals surface area contributed by atoms with E-state index in [9.17, 15) is 0 Å². The molecule has 0 fully saturated rings. The highest BCUT2D eigenvalue weighted by Crippen LogP contribution is 2.44. The Bertz CT molecular complexity index is 3860. The number of nitrogens with zero attached hydrogens (tertiary/aromatic N) is 5. The van der Waals surface area contributed by atoms with Crippen molar-refractivity contribution in [1.82, 2.24) is 24.1 Å². The quantitative estimate of drug-likeness (QED) is 0.175. The van der Waals surface area contributed by atoms with Crippen LogP contribution in [0.2, 0.25) is 0 Å². The number of furan rings is 1. The average molecular weight is 780 g/mol. The van der Waals surface area contributed by atoms with E-state index >= 15 is 0 Å². The summed E-state index contributed by atoms with van der Waals surface area (Å²) in [6.45, 7) is 0. The van der Waals surface area contributed by atoms with E-state index in [1.807, 2.05) is 54.6 Å². The minimum absolute atomic E-state index is 0.546. The third kappa shape index (κ3) is 5.12. The first-order valence-electron chi connectivity index (χ1n) is 20.5. The van der Waals surface area contributed by atoms with Crippen molar-refractivity contribution in [3.63, 3.8) is 0 Å². The van der Waals surface area contributed by atoms with E-state index in [1.54, 1.807) is 0 Å². The van der Waals surface area contributed by atoms with Gasteiger partial charge in [-0.1, -0.05) is 152 Å². The lowest BCUT2D eigenvalue weighted by atomic mass is 10.0. The molecule has 0 bridgehead atoms. The number of fused-ring (bicyclic) bond motifs is 12. The van der Waals surface area contributed by atoms with Gasteiger partial charge in [0.15, 0.2) is 11.6 Å². The third-order valence-electron chi connectivity index (χ3n) is 12.2. The lowest BCUT2D eigenvalue weighted by Gasteiger charge is -2.12. The van der Waals surface area contributed by atoms with E-state index in [0.717, 1.165) is 66.1 Å². The molecule has 0 saturated heterocycles. The predicted molar refractivity (Wildman–Crippen MR) is 250 cm³/mol. The molecule has 0 N–H and O–H groups in total. The zero-order valence-corrected chi connectivity index (χ0v) is 32.7. The summed E-state index contributed by atoms with van der Waals surface area (Å²) in [7, 11) is 0. The molecular formula is C55H33N5O. The van der Waals surface area contributed by atoms with Crippen LogP contribution in [-0.4, -0.2) is 24.1 Å². The van der Waals surface area contributed by atoms with Gasteiger partial charge in [0, 0.05) is 54.5 Å². The molecule has 0 atom stereocenters. The minimum atomic E-state index is 0.546. The summed E-state index contributed by atoms with van der Waals surface area (Å²) < 4.78 is 11.0. The Hall–Kier alpha value is -8.35. The SMILES string of the molecule is c1ccc(-c2ccc(-n3c4ccc5c(c6ccccc6n5-c5nc(-c6ccccc6)nc(-c6ccc7c(c6)oc6ccccc67)n5)c4c4ccc5ccccc5c43)cc2)cc1. The largest absolute Gasteiger partial charge is 0.456 e.